The van der Waals surface area contributed by atoms with Gasteiger partial charge in [0.2, 0.25) is 5.91 Å². The van der Waals surface area contributed by atoms with Gasteiger partial charge in [0.15, 0.2) is 0 Å². The van der Waals surface area contributed by atoms with Gasteiger partial charge in [0.25, 0.3) is 0 Å². The third kappa shape index (κ3) is 2.40. The monoisotopic (exact) mass is 243 g/mol. The molecule has 0 aromatic rings. The molecule has 1 aliphatic carbocycles. The molecule has 1 fully saturated rings. The average molecular weight is 243 g/mol. The lowest BCUT2D eigenvalue weighted by Crippen LogP contribution is -2.40. The van der Waals surface area contributed by atoms with Crippen molar-refractivity contribution in [2.75, 3.05) is 7.11 Å². The van der Waals surface area contributed by atoms with Crippen molar-refractivity contribution in [3.8, 4) is 0 Å². The van der Waals surface area contributed by atoms with Crippen LogP contribution >= 0.6 is 0 Å². The summed E-state index contributed by atoms with van der Waals surface area (Å²) >= 11 is 0. The molecule has 3 atom stereocenters. The smallest absolute Gasteiger partial charge is 0.328 e. The van der Waals surface area contributed by atoms with Gasteiger partial charge in [0.1, 0.15) is 6.04 Å². The number of rotatable bonds is 4. The van der Waals surface area contributed by atoms with Gasteiger partial charge in [-0.15, -0.1) is 0 Å². The third-order valence-electron chi connectivity index (χ3n) is 3.29. The third-order valence-corrected chi connectivity index (χ3v) is 3.29. The summed E-state index contributed by atoms with van der Waals surface area (Å²) in [5, 5.41) is 11.4. The maximum atomic E-state index is 11.8. The lowest BCUT2D eigenvalue weighted by Gasteiger charge is -2.11. The van der Waals surface area contributed by atoms with E-state index in [4.69, 9.17) is 5.11 Å². The Morgan fingerprint density at radius 1 is 1.29 bits per heavy atom. The van der Waals surface area contributed by atoms with E-state index in [2.05, 4.69) is 10.1 Å². The highest BCUT2D eigenvalue weighted by molar-refractivity contribution is 5.93. The summed E-state index contributed by atoms with van der Waals surface area (Å²) in [6.45, 7) is 4.94. The quantitative estimate of drug-likeness (QED) is 0.679. The molecular weight excluding hydrogens is 226 g/mol. The summed E-state index contributed by atoms with van der Waals surface area (Å²) in [5.74, 6) is -3.23. The molecule has 1 rings (SSSR count). The highest BCUT2D eigenvalue weighted by Gasteiger charge is 2.66. The minimum atomic E-state index is -0.985. The molecule has 3 unspecified atom stereocenters. The van der Waals surface area contributed by atoms with Gasteiger partial charge in [0, 0.05) is 0 Å². The standard InChI is InChI=1S/C11H17NO5/c1-5(10(16)17-4)12-8(13)6-7(9(14)15)11(6,2)3/h5-7H,1-4H3,(H,12,13)(H,14,15). The highest BCUT2D eigenvalue weighted by atomic mass is 16.5. The van der Waals surface area contributed by atoms with E-state index in [1.165, 1.54) is 14.0 Å². The first-order chi connectivity index (χ1) is 7.73. The van der Waals surface area contributed by atoms with Crippen molar-refractivity contribution in [3.63, 3.8) is 0 Å². The maximum absolute atomic E-state index is 11.8. The highest BCUT2D eigenvalue weighted by Crippen LogP contribution is 2.58. The molecule has 6 heteroatoms. The van der Waals surface area contributed by atoms with Gasteiger partial charge < -0.3 is 15.2 Å². The molecule has 1 saturated carbocycles. The molecule has 6 nitrogen and oxygen atoms in total. The predicted octanol–water partition coefficient (Wildman–Crippen LogP) is 0.0209. The topological polar surface area (TPSA) is 92.7 Å². The molecule has 0 saturated heterocycles. The Balaban J connectivity index is 2.62. The van der Waals surface area contributed by atoms with Crippen LogP contribution in [-0.4, -0.2) is 36.1 Å². The fraction of sp³-hybridized carbons (Fsp3) is 0.727. The number of carbonyl (C=O) groups is 3. The molecule has 0 bridgehead atoms. The van der Waals surface area contributed by atoms with Gasteiger partial charge in [-0.3, -0.25) is 9.59 Å². The number of hydrogen-bond donors (Lipinski definition) is 2. The van der Waals surface area contributed by atoms with Crippen LogP contribution in [0.5, 0.6) is 0 Å². The molecule has 0 aromatic heterocycles. The van der Waals surface area contributed by atoms with Crippen LogP contribution in [0.2, 0.25) is 0 Å². The van der Waals surface area contributed by atoms with Crippen molar-refractivity contribution in [1.29, 1.82) is 0 Å². The second kappa shape index (κ2) is 4.35. The first kappa shape index (κ1) is 13.5. The first-order valence-corrected chi connectivity index (χ1v) is 5.34. The van der Waals surface area contributed by atoms with E-state index >= 15 is 0 Å². The van der Waals surface area contributed by atoms with Gasteiger partial charge >= 0.3 is 11.9 Å². The molecule has 0 aromatic carbocycles. The Bertz CT molecular complexity index is 363. The summed E-state index contributed by atoms with van der Waals surface area (Å²) in [6, 6.07) is -0.765. The molecular formula is C11H17NO5. The zero-order chi connectivity index (χ0) is 13.4. The Kier molecular flexibility index (Phi) is 3.45. The molecule has 1 amide bonds. The van der Waals surface area contributed by atoms with Crippen LogP contribution < -0.4 is 5.32 Å². The van der Waals surface area contributed by atoms with E-state index in [9.17, 15) is 14.4 Å². The fourth-order valence-electron chi connectivity index (χ4n) is 2.13. The molecule has 2 N–H and O–H groups in total. The van der Waals surface area contributed by atoms with Gasteiger partial charge in [-0.05, 0) is 12.3 Å². The molecule has 0 radical (unpaired) electrons. The number of carboxylic acid groups (broad SMARTS) is 1. The predicted molar refractivity (Wildman–Crippen MR) is 58.0 cm³/mol. The van der Waals surface area contributed by atoms with Crippen LogP contribution in [0.4, 0.5) is 0 Å². The van der Waals surface area contributed by atoms with Crippen LogP contribution in [0.15, 0.2) is 0 Å². The summed E-state index contributed by atoms with van der Waals surface area (Å²) in [4.78, 5) is 33.8. The van der Waals surface area contributed by atoms with Crippen molar-refractivity contribution in [2.24, 2.45) is 17.3 Å². The van der Waals surface area contributed by atoms with E-state index in [0.29, 0.717) is 0 Å². The van der Waals surface area contributed by atoms with Gasteiger partial charge in [-0.2, -0.15) is 0 Å². The number of esters is 1. The average Bonchev–Trinajstić information content (AvgIpc) is 2.80. The normalized spacial score (nSPS) is 26.8. The number of amides is 1. The second-order valence-electron chi connectivity index (χ2n) is 4.87. The number of methoxy groups -OCH3 is 1. The van der Waals surface area contributed by atoms with Crippen LogP contribution in [0.3, 0.4) is 0 Å². The van der Waals surface area contributed by atoms with E-state index in [-0.39, 0.29) is 0 Å². The van der Waals surface area contributed by atoms with Crippen molar-refractivity contribution < 1.29 is 24.2 Å². The van der Waals surface area contributed by atoms with Crippen LogP contribution in [-0.2, 0) is 19.1 Å². The molecule has 0 heterocycles. The van der Waals surface area contributed by atoms with Crippen molar-refractivity contribution >= 4 is 17.8 Å². The molecule has 1 aliphatic rings. The van der Waals surface area contributed by atoms with Crippen molar-refractivity contribution in [3.05, 3.63) is 0 Å². The van der Waals surface area contributed by atoms with E-state index in [1.807, 2.05) is 0 Å². The Hall–Kier alpha value is -1.59. The summed E-state index contributed by atoms with van der Waals surface area (Å²) < 4.78 is 4.47. The van der Waals surface area contributed by atoms with Gasteiger partial charge in [-0.1, -0.05) is 13.8 Å². The number of hydrogen-bond acceptors (Lipinski definition) is 4. The van der Waals surface area contributed by atoms with Crippen LogP contribution in [0.1, 0.15) is 20.8 Å². The first-order valence-electron chi connectivity index (χ1n) is 5.34. The van der Waals surface area contributed by atoms with Crippen LogP contribution in [0.25, 0.3) is 0 Å². The second-order valence-corrected chi connectivity index (χ2v) is 4.87. The summed E-state index contributed by atoms with van der Waals surface area (Å²) in [7, 11) is 1.23. The SMILES string of the molecule is COC(=O)C(C)NC(=O)C1C(C(=O)O)C1(C)C. The largest absolute Gasteiger partial charge is 0.481 e. The Morgan fingerprint density at radius 2 is 1.82 bits per heavy atom. The Labute approximate surface area is 99.3 Å². The molecule has 0 aliphatic heterocycles. The van der Waals surface area contributed by atoms with Crippen molar-refractivity contribution in [2.45, 2.75) is 26.8 Å². The summed E-state index contributed by atoms with van der Waals surface area (Å²) in [5.41, 5.74) is -0.564. The lowest BCUT2D eigenvalue weighted by molar-refractivity contribution is -0.144. The fourth-order valence-corrected chi connectivity index (χ4v) is 2.13. The number of carboxylic acids is 1. The van der Waals surface area contributed by atoms with E-state index in [1.54, 1.807) is 13.8 Å². The van der Waals surface area contributed by atoms with Crippen molar-refractivity contribution in [1.82, 2.24) is 5.32 Å². The van der Waals surface area contributed by atoms with Crippen LogP contribution in [0, 0.1) is 17.3 Å². The summed E-state index contributed by atoms with van der Waals surface area (Å²) in [6.07, 6.45) is 0. The minimum Gasteiger partial charge on any atom is -0.481 e. The number of ether oxygens (including phenoxy) is 1. The minimum absolute atomic E-state index is 0.416. The maximum Gasteiger partial charge on any atom is 0.328 e. The number of aliphatic carboxylic acids is 1. The van der Waals surface area contributed by atoms with Gasteiger partial charge in [-0.25, -0.2) is 4.79 Å². The number of nitrogens with one attached hydrogen (secondary N) is 1. The molecule has 0 spiro atoms. The zero-order valence-corrected chi connectivity index (χ0v) is 10.3. The van der Waals surface area contributed by atoms with Gasteiger partial charge in [0.05, 0.1) is 18.9 Å². The molecule has 96 valence electrons. The van der Waals surface area contributed by atoms with E-state index < -0.39 is 41.1 Å². The zero-order valence-electron chi connectivity index (χ0n) is 10.3. The van der Waals surface area contributed by atoms with E-state index in [0.717, 1.165) is 0 Å². The number of carbonyl (C=O) groups excluding carboxylic acids is 2. The lowest BCUT2D eigenvalue weighted by atomic mass is 10.1. The Morgan fingerprint density at radius 3 is 2.18 bits per heavy atom. The molecule has 17 heavy (non-hydrogen) atoms.